The highest BCUT2D eigenvalue weighted by atomic mass is 32.2. The molecular formula is C16H22O5S2. The van der Waals surface area contributed by atoms with Crippen LogP contribution in [0.4, 0.5) is 0 Å². The van der Waals surface area contributed by atoms with Crippen molar-refractivity contribution < 1.29 is 22.9 Å². The zero-order valence-corrected chi connectivity index (χ0v) is 14.5. The van der Waals surface area contributed by atoms with Crippen molar-refractivity contribution in [2.24, 2.45) is 0 Å². The van der Waals surface area contributed by atoms with Crippen LogP contribution in [0.2, 0.25) is 0 Å². The Balaban J connectivity index is 1.97. The molecule has 0 amide bonds. The Kier molecular flexibility index (Phi) is 6.25. The van der Waals surface area contributed by atoms with Crippen molar-refractivity contribution in [3.8, 4) is 0 Å². The lowest BCUT2D eigenvalue weighted by Crippen LogP contribution is -2.40. The highest BCUT2D eigenvalue weighted by Gasteiger charge is 2.37. The summed E-state index contributed by atoms with van der Waals surface area (Å²) in [4.78, 5) is 13.4. The van der Waals surface area contributed by atoms with Crippen molar-refractivity contribution in [2.75, 3.05) is 11.5 Å². The number of ketones is 1. The average molecular weight is 358 g/mol. The second kappa shape index (κ2) is 7.79. The zero-order chi connectivity index (χ0) is 16.9. The molecule has 1 aliphatic carbocycles. The molecular weight excluding hydrogens is 336 g/mol. The van der Waals surface area contributed by atoms with Crippen LogP contribution < -0.4 is 0 Å². The fourth-order valence-electron chi connectivity index (χ4n) is 2.79. The van der Waals surface area contributed by atoms with Gasteiger partial charge < -0.3 is 5.11 Å². The van der Waals surface area contributed by atoms with Crippen molar-refractivity contribution in [3.63, 3.8) is 0 Å². The van der Waals surface area contributed by atoms with E-state index in [4.69, 9.17) is 4.55 Å². The molecule has 5 nitrogen and oxygen atoms in total. The molecule has 2 N–H and O–H groups in total. The van der Waals surface area contributed by atoms with Crippen molar-refractivity contribution >= 4 is 27.7 Å². The first-order chi connectivity index (χ1) is 10.8. The first-order valence-corrected chi connectivity index (χ1v) is 10.3. The molecule has 0 aliphatic heterocycles. The topological polar surface area (TPSA) is 91.7 Å². The third-order valence-corrected chi connectivity index (χ3v) is 5.90. The molecule has 1 aliphatic rings. The van der Waals surface area contributed by atoms with E-state index in [1.54, 1.807) is 18.2 Å². The van der Waals surface area contributed by atoms with Gasteiger partial charge in [0.1, 0.15) is 5.60 Å². The molecule has 7 heteroatoms. The lowest BCUT2D eigenvalue weighted by Gasteiger charge is -2.30. The normalized spacial score (nSPS) is 17.8. The fourth-order valence-corrected chi connectivity index (χ4v) is 4.39. The second-order valence-electron chi connectivity index (χ2n) is 5.94. The highest BCUT2D eigenvalue weighted by molar-refractivity contribution is 7.99. The maximum atomic E-state index is 12.6. The molecule has 0 spiro atoms. The van der Waals surface area contributed by atoms with Crippen LogP contribution in [0.1, 0.15) is 48.9 Å². The number of carbonyl (C=O) groups is 1. The van der Waals surface area contributed by atoms with Crippen LogP contribution in [0, 0.1) is 0 Å². The summed E-state index contributed by atoms with van der Waals surface area (Å²) in [6, 6.07) is 7.06. The van der Waals surface area contributed by atoms with Gasteiger partial charge in [0.05, 0.1) is 5.75 Å². The molecule has 0 heterocycles. The molecule has 1 aromatic rings. The molecule has 1 saturated carbocycles. The van der Waals surface area contributed by atoms with Gasteiger partial charge in [0.2, 0.25) is 0 Å². The number of hydrogen-bond donors (Lipinski definition) is 2. The van der Waals surface area contributed by atoms with Gasteiger partial charge in [-0.15, -0.1) is 11.8 Å². The van der Waals surface area contributed by atoms with Crippen LogP contribution in [0.3, 0.4) is 0 Å². The smallest absolute Gasteiger partial charge is 0.264 e. The van der Waals surface area contributed by atoms with E-state index in [1.165, 1.54) is 11.8 Å². The predicted molar refractivity (Wildman–Crippen MR) is 90.6 cm³/mol. The first-order valence-electron chi connectivity index (χ1n) is 7.75. The minimum absolute atomic E-state index is 0.224. The molecule has 128 valence electrons. The Labute approximate surface area is 141 Å². The van der Waals surface area contributed by atoms with Gasteiger partial charge in [-0.1, -0.05) is 31.4 Å². The predicted octanol–water partition coefficient (Wildman–Crippen LogP) is 2.93. The summed E-state index contributed by atoms with van der Waals surface area (Å²) >= 11 is 1.43. The Morgan fingerprint density at radius 2 is 1.91 bits per heavy atom. The SMILES string of the molecule is O=C(c1cccc(SCCCS(=O)(=O)O)c1)C1(O)CCCCC1. The molecule has 0 aromatic heterocycles. The van der Waals surface area contributed by atoms with Gasteiger partial charge in [0.15, 0.2) is 5.78 Å². The van der Waals surface area contributed by atoms with E-state index in [2.05, 4.69) is 0 Å². The van der Waals surface area contributed by atoms with E-state index in [-0.39, 0.29) is 11.5 Å². The second-order valence-corrected chi connectivity index (χ2v) is 8.68. The molecule has 0 saturated heterocycles. The van der Waals surface area contributed by atoms with Crippen molar-refractivity contribution in [1.82, 2.24) is 0 Å². The van der Waals surface area contributed by atoms with E-state index >= 15 is 0 Å². The monoisotopic (exact) mass is 358 g/mol. The number of thioether (sulfide) groups is 1. The zero-order valence-electron chi connectivity index (χ0n) is 12.9. The van der Waals surface area contributed by atoms with Crippen LogP contribution in [0.15, 0.2) is 29.2 Å². The Morgan fingerprint density at radius 3 is 2.57 bits per heavy atom. The van der Waals surface area contributed by atoms with Gasteiger partial charge in [-0.2, -0.15) is 8.42 Å². The quantitative estimate of drug-likeness (QED) is 0.337. The third-order valence-electron chi connectivity index (χ3n) is 4.01. The van der Waals surface area contributed by atoms with E-state index < -0.39 is 15.7 Å². The van der Waals surface area contributed by atoms with Gasteiger partial charge in [-0.3, -0.25) is 9.35 Å². The molecule has 1 aromatic carbocycles. The average Bonchev–Trinajstić information content (AvgIpc) is 2.51. The van der Waals surface area contributed by atoms with Crippen LogP contribution in [0.5, 0.6) is 0 Å². The molecule has 0 atom stereocenters. The lowest BCUT2D eigenvalue weighted by molar-refractivity contribution is 0.0116. The summed E-state index contributed by atoms with van der Waals surface area (Å²) in [5.74, 6) is 0.0395. The van der Waals surface area contributed by atoms with Crippen LogP contribution in [-0.4, -0.2) is 41.0 Å². The molecule has 2 rings (SSSR count). The number of benzene rings is 1. The van der Waals surface area contributed by atoms with Gasteiger partial charge >= 0.3 is 0 Å². The Morgan fingerprint density at radius 1 is 1.22 bits per heavy atom. The maximum Gasteiger partial charge on any atom is 0.264 e. The van der Waals surface area contributed by atoms with E-state index in [9.17, 15) is 18.3 Å². The number of hydrogen-bond acceptors (Lipinski definition) is 5. The van der Waals surface area contributed by atoms with E-state index in [0.717, 1.165) is 24.2 Å². The number of carbonyl (C=O) groups excluding carboxylic acids is 1. The molecule has 0 bridgehead atoms. The lowest BCUT2D eigenvalue weighted by atomic mass is 9.79. The van der Waals surface area contributed by atoms with Gasteiger partial charge in [-0.25, -0.2) is 0 Å². The van der Waals surface area contributed by atoms with Gasteiger partial charge in [0.25, 0.3) is 10.1 Å². The molecule has 0 unspecified atom stereocenters. The first kappa shape index (κ1) is 18.4. The summed E-state index contributed by atoms with van der Waals surface area (Å²) in [5.41, 5.74) is -0.749. The van der Waals surface area contributed by atoms with Crippen LogP contribution in [0.25, 0.3) is 0 Å². The largest absolute Gasteiger partial charge is 0.382 e. The van der Waals surface area contributed by atoms with Crippen molar-refractivity contribution in [2.45, 2.75) is 49.0 Å². The van der Waals surface area contributed by atoms with Crippen LogP contribution in [-0.2, 0) is 10.1 Å². The highest BCUT2D eigenvalue weighted by Crippen LogP contribution is 2.32. The molecule has 0 radical (unpaired) electrons. The summed E-state index contributed by atoms with van der Waals surface area (Å²) < 4.78 is 30.0. The van der Waals surface area contributed by atoms with Gasteiger partial charge in [0, 0.05) is 10.5 Å². The maximum absolute atomic E-state index is 12.6. The Hall–Kier alpha value is -0.890. The summed E-state index contributed by atoms with van der Waals surface area (Å²) in [5, 5.41) is 10.5. The summed E-state index contributed by atoms with van der Waals surface area (Å²) in [6.45, 7) is 0. The van der Waals surface area contributed by atoms with Crippen molar-refractivity contribution in [3.05, 3.63) is 29.8 Å². The number of aliphatic hydroxyl groups is 1. The summed E-state index contributed by atoms with van der Waals surface area (Å²) in [7, 11) is -3.92. The van der Waals surface area contributed by atoms with Gasteiger partial charge in [-0.05, 0) is 37.1 Å². The molecule has 1 fully saturated rings. The summed E-state index contributed by atoms with van der Waals surface area (Å²) in [6.07, 6.45) is 4.15. The van der Waals surface area contributed by atoms with Crippen LogP contribution >= 0.6 is 11.8 Å². The van der Waals surface area contributed by atoms with E-state index in [0.29, 0.717) is 30.6 Å². The minimum Gasteiger partial charge on any atom is -0.382 e. The van der Waals surface area contributed by atoms with Crippen molar-refractivity contribution in [1.29, 1.82) is 0 Å². The Bertz CT molecular complexity index is 648. The minimum atomic E-state index is -3.92. The standard InChI is InChI=1S/C16H22O5S2/c17-15(16(18)8-2-1-3-9-16)13-6-4-7-14(12-13)22-10-5-11-23(19,20)21/h4,6-7,12,18H,1-3,5,8-11H2,(H,19,20,21). The number of Topliss-reactive ketones (excluding diaryl/α,β-unsaturated/α-hetero) is 1. The van der Waals surface area contributed by atoms with E-state index in [1.807, 2.05) is 6.07 Å². The molecule has 23 heavy (non-hydrogen) atoms. The fraction of sp³-hybridized carbons (Fsp3) is 0.562. The third kappa shape index (κ3) is 5.60. The number of rotatable bonds is 7.